The maximum atomic E-state index is 12.6. The molecule has 7 heteroatoms. The summed E-state index contributed by atoms with van der Waals surface area (Å²) in [7, 11) is 0. The van der Waals surface area contributed by atoms with Crippen molar-refractivity contribution in [1.82, 2.24) is 16.0 Å². The zero-order chi connectivity index (χ0) is 23.1. The summed E-state index contributed by atoms with van der Waals surface area (Å²) >= 11 is 0. The molecule has 0 aliphatic carbocycles. The van der Waals surface area contributed by atoms with E-state index < -0.39 is 18.2 Å². The van der Waals surface area contributed by atoms with Gasteiger partial charge in [-0.05, 0) is 32.6 Å². The standard InChI is InChI=1S/C24H45N3O4/c1-4-5-16-25-23(30)18(2)17-21(28)20-14-12-10-8-6-7-9-11-13-15-22(29)26-19(3)24(31)27-20/h18-21,28H,4-17H2,1-3H3,(H,25,30)(H,26,29)(H,27,31)/t18-,19+,20+,21+/m1/s1. The van der Waals surface area contributed by atoms with E-state index in [2.05, 4.69) is 22.9 Å². The number of nitrogens with one attached hydrogen (secondary N) is 3. The fourth-order valence-electron chi connectivity index (χ4n) is 3.95. The highest BCUT2D eigenvalue weighted by Gasteiger charge is 2.27. The lowest BCUT2D eigenvalue weighted by Crippen LogP contribution is -2.52. The molecule has 4 atom stereocenters. The molecule has 1 heterocycles. The van der Waals surface area contributed by atoms with Gasteiger partial charge >= 0.3 is 0 Å². The minimum absolute atomic E-state index is 0.0623. The van der Waals surface area contributed by atoms with E-state index in [1.165, 1.54) is 12.8 Å². The van der Waals surface area contributed by atoms with Gasteiger partial charge in [-0.15, -0.1) is 0 Å². The van der Waals surface area contributed by atoms with Gasteiger partial charge in [-0.1, -0.05) is 65.2 Å². The van der Waals surface area contributed by atoms with Gasteiger partial charge in [0.05, 0.1) is 12.1 Å². The van der Waals surface area contributed by atoms with E-state index in [4.69, 9.17) is 0 Å². The normalized spacial score (nSPS) is 24.5. The molecule has 0 saturated carbocycles. The molecule has 7 nitrogen and oxygen atoms in total. The average Bonchev–Trinajstić information content (AvgIpc) is 2.73. The zero-order valence-electron chi connectivity index (χ0n) is 19.9. The Morgan fingerprint density at radius 1 is 1.06 bits per heavy atom. The molecule has 4 N–H and O–H groups in total. The second kappa shape index (κ2) is 16.1. The molecule has 0 aromatic carbocycles. The number of hydrogen-bond donors (Lipinski definition) is 4. The van der Waals surface area contributed by atoms with E-state index in [0.29, 0.717) is 25.8 Å². The fraction of sp³-hybridized carbons (Fsp3) is 0.875. The van der Waals surface area contributed by atoms with Crippen LogP contribution < -0.4 is 16.0 Å². The van der Waals surface area contributed by atoms with Crippen molar-refractivity contribution >= 4 is 17.7 Å². The molecule has 1 saturated heterocycles. The number of rotatable bonds is 7. The van der Waals surface area contributed by atoms with E-state index in [1.54, 1.807) is 6.92 Å². The number of amides is 3. The Balaban J connectivity index is 2.69. The van der Waals surface area contributed by atoms with E-state index in [1.807, 2.05) is 6.92 Å². The molecule has 3 amide bonds. The van der Waals surface area contributed by atoms with E-state index in [9.17, 15) is 19.5 Å². The summed E-state index contributed by atoms with van der Waals surface area (Å²) in [5.74, 6) is -0.789. The summed E-state index contributed by atoms with van der Waals surface area (Å²) in [6.07, 6.45) is 11.1. The Morgan fingerprint density at radius 2 is 1.68 bits per heavy atom. The van der Waals surface area contributed by atoms with Gasteiger partial charge in [0.15, 0.2) is 0 Å². The minimum atomic E-state index is -0.808. The Bertz CT molecular complexity index is 541. The molecule has 31 heavy (non-hydrogen) atoms. The Labute approximate surface area is 188 Å². The monoisotopic (exact) mass is 439 g/mol. The summed E-state index contributed by atoms with van der Waals surface area (Å²) in [4.78, 5) is 37.0. The van der Waals surface area contributed by atoms with Gasteiger partial charge in [0.25, 0.3) is 0 Å². The minimum Gasteiger partial charge on any atom is -0.391 e. The van der Waals surface area contributed by atoms with Gasteiger partial charge in [0.2, 0.25) is 17.7 Å². The smallest absolute Gasteiger partial charge is 0.242 e. The lowest BCUT2D eigenvalue weighted by molar-refractivity contribution is -0.130. The highest BCUT2D eigenvalue weighted by molar-refractivity contribution is 5.87. The van der Waals surface area contributed by atoms with Crippen LogP contribution in [0.3, 0.4) is 0 Å². The first-order chi connectivity index (χ1) is 14.8. The van der Waals surface area contributed by atoms with E-state index in [0.717, 1.165) is 51.4 Å². The molecule has 1 aliphatic rings. The van der Waals surface area contributed by atoms with Crippen molar-refractivity contribution in [3.8, 4) is 0 Å². The summed E-state index contributed by atoms with van der Waals surface area (Å²) in [6, 6.07) is -1.07. The third-order valence-electron chi connectivity index (χ3n) is 6.10. The summed E-state index contributed by atoms with van der Waals surface area (Å²) < 4.78 is 0. The molecule has 1 aliphatic heterocycles. The molecule has 0 aromatic heterocycles. The van der Waals surface area contributed by atoms with Crippen LogP contribution in [0.25, 0.3) is 0 Å². The van der Waals surface area contributed by atoms with Crippen LogP contribution in [0.1, 0.15) is 104 Å². The number of hydrogen-bond acceptors (Lipinski definition) is 4. The van der Waals surface area contributed by atoms with Crippen molar-refractivity contribution in [3.05, 3.63) is 0 Å². The number of aliphatic hydroxyl groups is 1. The second-order valence-electron chi connectivity index (χ2n) is 9.12. The van der Waals surface area contributed by atoms with Crippen LogP contribution in [-0.4, -0.2) is 47.6 Å². The van der Waals surface area contributed by atoms with Crippen LogP contribution in [0.4, 0.5) is 0 Å². The maximum absolute atomic E-state index is 12.6. The van der Waals surface area contributed by atoms with Crippen LogP contribution in [0.2, 0.25) is 0 Å². The SMILES string of the molecule is CCCCNC(=O)[C@H](C)C[C@H](O)[C@@H]1CCCCCCCCCCC(=O)N[C@@H](C)C(=O)N1. The first-order valence-electron chi connectivity index (χ1n) is 12.4. The van der Waals surface area contributed by atoms with Gasteiger partial charge in [0.1, 0.15) is 6.04 Å². The van der Waals surface area contributed by atoms with Gasteiger partial charge in [0, 0.05) is 18.9 Å². The van der Waals surface area contributed by atoms with Crippen LogP contribution in [0.5, 0.6) is 0 Å². The van der Waals surface area contributed by atoms with Crippen molar-refractivity contribution in [3.63, 3.8) is 0 Å². The topological polar surface area (TPSA) is 108 Å². The van der Waals surface area contributed by atoms with Crippen molar-refractivity contribution < 1.29 is 19.5 Å². The molecule has 0 aromatic rings. The van der Waals surface area contributed by atoms with E-state index >= 15 is 0 Å². The predicted molar refractivity (Wildman–Crippen MR) is 123 cm³/mol. The third kappa shape index (κ3) is 12.1. The van der Waals surface area contributed by atoms with Crippen molar-refractivity contribution in [2.75, 3.05) is 6.54 Å². The highest BCUT2D eigenvalue weighted by Crippen LogP contribution is 2.17. The van der Waals surface area contributed by atoms with E-state index in [-0.39, 0.29) is 23.6 Å². The first-order valence-corrected chi connectivity index (χ1v) is 12.4. The second-order valence-corrected chi connectivity index (χ2v) is 9.12. The summed E-state index contributed by atoms with van der Waals surface area (Å²) in [5, 5.41) is 19.4. The first kappa shape index (κ1) is 27.4. The Morgan fingerprint density at radius 3 is 2.32 bits per heavy atom. The quantitative estimate of drug-likeness (QED) is 0.457. The molecule has 180 valence electrons. The van der Waals surface area contributed by atoms with Crippen LogP contribution in [0.15, 0.2) is 0 Å². The molecular weight excluding hydrogens is 394 g/mol. The van der Waals surface area contributed by atoms with Crippen LogP contribution in [0, 0.1) is 5.92 Å². The van der Waals surface area contributed by atoms with Crippen molar-refractivity contribution in [2.45, 2.75) is 122 Å². The zero-order valence-corrected chi connectivity index (χ0v) is 19.9. The summed E-state index contributed by atoms with van der Waals surface area (Å²) in [5.41, 5.74) is 0. The van der Waals surface area contributed by atoms with Crippen LogP contribution >= 0.6 is 0 Å². The lowest BCUT2D eigenvalue weighted by Gasteiger charge is -2.27. The van der Waals surface area contributed by atoms with Crippen molar-refractivity contribution in [1.29, 1.82) is 0 Å². The third-order valence-corrected chi connectivity index (χ3v) is 6.10. The number of aliphatic hydroxyl groups excluding tert-OH is 1. The van der Waals surface area contributed by atoms with Gasteiger partial charge < -0.3 is 21.1 Å². The number of unbranched alkanes of at least 4 members (excludes halogenated alkanes) is 1. The van der Waals surface area contributed by atoms with Crippen molar-refractivity contribution in [2.24, 2.45) is 5.92 Å². The van der Waals surface area contributed by atoms with Gasteiger partial charge in [-0.3, -0.25) is 14.4 Å². The molecule has 1 fully saturated rings. The van der Waals surface area contributed by atoms with Gasteiger partial charge in [-0.2, -0.15) is 0 Å². The molecule has 0 radical (unpaired) electrons. The lowest BCUT2D eigenvalue weighted by atomic mass is 9.93. The Kier molecular flexibility index (Phi) is 14.2. The highest BCUT2D eigenvalue weighted by atomic mass is 16.3. The predicted octanol–water partition coefficient (Wildman–Crippen LogP) is 3.19. The molecule has 0 bridgehead atoms. The number of carbonyl (C=O) groups is 3. The molecule has 0 unspecified atom stereocenters. The average molecular weight is 440 g/mol. The molecule has 0 spiro atoms. The number of carbonyl (C=O) groups excluding carboxylic acids is 3. The van der Waals surface area contributed by atoms with Crippen LogP contribution in [-0.2, 0) is 14.4 Å². The van der Waals surface area contributed by atoms with Gasteiger partial charge in [-0.25, -0.2) is 0 Å². The fourth-order valence-corrected chi connectivity index (χ4v) is 3.95. The Hall–Kier alpha value is -1.63. The summed E-state index contributed by atoms with van der Waals surface area (Å²) in [6.45, 7) is 6.20. The molecule has 1 rings (SSSR count). The molecular formula is C24H45N3O4. The maximum Gasteiger partial charge on any atom is 0.242 e. The largest absolute Gasteiger partial charge is 0.391 e.